The van der Waals surface area contributed by atoms with Gasteiger partial charge in [0.15, 0.2) is 0 Å². The van der Waals surface area contributed by atoms with Crippen LogP contribution in [0.25, 0.3) is 21.9 Å². The Morgan fingerprint density at radius 2 is 1.81 bits per heavy atom. The third-order valence-electron chi connectivity index (χ3n) is 4.71. The summed E-state index contributed by atoms with van der Waals surface area (Å²) in [5, 5.41) is 1.26. The Labute approximate surface area is 126 Å². The molecule has 21 heavy (non-hydrogen) atoms. The first-order valence-electron chi connectivity index (χ1n) is 7.87. The first-order valence-corrected chi connectivity index (χ1v) is 7.87. The zero-order valence-corrected chi connectivity index (χ0v) is 13.4. The molecule has 1 unspecified atom stereocenters. The maximum absolute atomic E-state index is 4.61. The van der Waals surface area contributed by atoms with Gasteiger partial charge < -0.3 is 4.57 Å². The number of fused-ring (bicyclic) bond motifs is 3. The summed E-state index contributed by atoms with van der Waals surface area (Å²) in [5.41, 5.74) is 4.03. The molecule has 0 aliphatic carbocycles. The van der Waals surface area contributed by atoms with Gasteiger partial charge in [-0.3, -0.25) is 4.98 Å². The van der Waals surface area contributed by atoms with Gasteiger partial charge in [-0.05, 0) is 37.0 Å². The topological polar surface area (TPSA) is 17.8 Å². The second-order valence-electron chi connectivity index (χ2n) is 6.83. The minimum atomic E-state index is 0.360. The Morgan fingerprint density at radius 3 is 2.57 bits per heavy atom. The van der Waals surface area contributed by atoms with Crippen LogP contribution in [0.5, 0.6) is 0 Å². The number of nitrogens with zero attached hydrogens (tertiary/aromatic N) is 2. The van der Waals surface area contributed by atoms with Crippen LogP contribution in [0.2, 0.25) is 0 Å². The molecule has 0 radical (unpaired) electrons. The van der Waals surface area contributed by atoms with Crippen LogP contribution in [0.3, 0.4) is 0 Å². The summed E-state index contributed by atoms with van der Waals surface area (Å²) < 4.78 is 2.47. The van der Waals surface area contributed by atoms with Crippen molar-refractivity contribution < 1.29 is 0 Å². The molecule has 2 heterocycles. The fourth-order valence-electron chi connectivity index (χ4n) is 3.32. The minimum absolute atomic E-state index is 0.360. The van der Waals surface area contributed by atoms with E-state index in [-0.39, 0.29) is 0 Å². The Balaban J connectivity index is 2.20. The molecule has 1 aromatic carbocycles. The van der Waals surface area contributed by atoms with Gasteiger partial charge in [-0.1, -0.05) is 45.4 Å². The van der Waals surface area contributed by atoms with Gasteiger partial charge in [0, 0.05) is 17.6 Å². The number of hydrogen-bond acceptors (Lipinski definition) is 1. The predicted molar refractivity (Wildman–Crippen MR) is 90.6 cm³/mol. The lowest BCUT2D eigenvalue weighted by molar-refractivity contribution is 0.272. The summed E-state index contributed by atoms with van der Waals surface area (Å²) in [6, 6.07) is 13.3. The lowest BCUT2D eigenvalue weighted by Gasteiger charge is -2.28. The van der Waals surface area contributed by atoms with Crippen molar-refractivity contribution in [3.05, 3.63) is 42.6 Å². The van der Waals surface area contributed by atoms with E-state index in [0.29, 0.717) is 11.5 Å². The fraction of sp³-hybridized carbons (Fsp3) is 0.421. The molecular weight excluding hydrogens is 256 g/mol. The molecule has 0 fully saturated rings. The summed E-state index contributed by atoms with van der Waals surface area (Å²) in [6.45, 7) is 9.32. The van der Waals surface area contributed by atoms with Crippen molar-refractivity contribution in [1.29, 1.82) is 0 Å². The van der Waals surface area contributed by atoms with Crippen LogP contribution in [0.15, 0.2) is 42.6 Å². The van der Waals surface area contributed by atoms with Gasteiger partial charge in [0.05, 0.1) is 16.6 Å². The first-order chi connectivity index (χ1) is 10.0. The normalized spacial score (nSPS) is 13.9. The molecule has 1 atom stereocenters. The maximum Gasteiger partial charge on any atom is 0.0959 e. The molecule has 0 amide bonds. The molecule has 2 aromatic heterocycles. The maximum atomic E-state index is 4.61. The van der Waals surface area contributed by atoms with Gasteiger partial charge in [-0.15, -0.1) is 0 Å². The van der Waals surface area contributed by atoms with E-state index in [1.165, 1.54) is 29.3 Å². The molecule has 0 spiro atoms. The van der Waals surface area contributed by atoms with Gasteiger partial charge in [0.2, 0.25) is 0 Å². The summed E-state index contributed by atoms with van der Waals surface area (Å²) in [6.07, 6.45) is 4.26. The molecule has 0 aliphatic heterocycles. The Bertz CT molecular complexity index is 714. The van der Waals surface area contributed by atoms with Crippen LogP contribution in [-0.4, -0.2) is 9.55 Å². The van der Waals surface area contributed by atoms with Crippen molar-refractivity contribution in [2.45, 2.75) is 46.6 Å². The molecule has 3 rings (SSSR count). The zero-order valence-electron chi connectivity index (χ0n) is 13.4. The van der Waals surface area contributed by atoms with E-state index < -0.39 is 0 Å². The summed E-state index contributed by atoms with van der Waals surface area (Å²) >= 11 is 0. The van der Waals surface area contributed by atoms with Gasteiger partial charge in [0.1, 0.15) is 0 Å². The Morgan fingerprint density at radius 1 is 1.10 bits per heavy atom. The molecular formula is C19H24N2. The summed E-state index contributed by atoms with van der Waals surface area (Å²) in [4.78, 5) is 4.61. The molecule has 110 valence electrons. The molecule has 0 bridgehead atoms. The van der Waals surface area contributed by atoms with Crippen molar-refractivity contribution in [3.63, 3.8) is 0 Å². The highest BCUT2D eigenvalue weighted by Gasteiger charge is 2.22. The summed E-state index contributed by atoms with van der Waals surface area (Å²) in [5.74, 6) is 0. The van der Waals surface area contributed by atoms with E-state index in [1.54, 1.807) is 0 Å². The molecule has 0 saturated heterocycles. The standard InChI is InChI=1S/C19H24N2/c1-5-19(3,4)13-14(2)21-16-10-7-6-9-15(16)18-17(21)11-8-12-20-18/h6-12,14H,5,13H2,1-4H3. The molecule has 3 aromatic rings. The number of pyridine rings is 1. The van der Waals surface area contributed by atoms with Crippen molar-refractivity contribution in [3.8, 4) is 0 Å². The van der Waals surface area contributed by atoms with Crippen LogP contribution in [0.1, 0.15) is 46.6 Å². The summed E-state index contributed by atoms with van der Waals surface area (Å²) in [7, 11) is 0. The number of para-hydroxylation sites is 1. The lowest BCUT2D eigenvalue weighted by atomic mass is 9.83. The SMILES string of the molecule is CCC(C)(C)CC(C)n1c2ccccc2c2ncccc21. The Kier molecular flexibility index (Phi) is 3.48. The van der Waals surface area contributed by atoms with Crippen LogP contribution < -0.4 is 0 Å². The second kappa shape index (κ2) is 5.18. The smallest absolute Gasteiger partial charge is 0.0959 e. The molecule has 2 heteroatoms. The quantitative estimate of drug-likeness (QED) is 0.610. The van der Waals surface area contributed by atoms with Crippen LogP contribution in [-0.2, 0) is 0 Å². The van der Waals surface area contributed by atoms with Gasteiger partial charge in [-0.25, -0.2) is 0 Å². The predicted octanol–water partition coefficient (Wildman–Crippen LogP) is 5.58. The average molecular weight is 280 g/mol. The highest BCUT2D eigenvalue weighted by molar-refractivity contribution is 6.05. The first kappa shape index (κ1) is 14.1. The van der Waals surface area contributed by atoms with E-state index in [0.717, 1.165) is 5.52 Å². The number of aromatic nitrogens is 2. The zero-order chi connectivity index (χ0) is 15.0. The monoisotopic (exact) mass is 280 g/mol. The Hall–Kier alpha value is -1.83. The number of hydrogen-bond donors (Lipinski definition) is 0. The molecule has 0 aliphatic rings. The van der Waals surface area contributed by atoms with Crippen molar-refractivity contribution in [2.75, 3.05) is 0 Å². The van der Waals surface area contributed by atoms with Crippen molar-refractivity contribution in [2.24, 2.45) is 5.41 Å². The highest BCUT2D eigenvalue weighted by Crippen LogP contribution is 2.36. The molecule has 0 saturated carbocycles. The third kappa shape index (κ3) is 2.44. The number of benzene rings is 1. The van der Waals surface area contributed by atoms with E-state index in [4.69, 9.17) is 0 Å². The van der Waals surface area contributed by atoms with Crippen LogP contribution in [0.4, 0.5) is 0 Å². The number of rotatable bonds is 4. The largest absolute Gasteiger partial charge is 0.336 e. The van der Waals surface area contributed by atoms with Gasteiger partial charge >= 0.3 is 0 Å². The van der Waals surface area contributed by atoms with Crippen LogP contribution in [0, 0.1) is 5.41 Å². The van der Waals surface area contributed by atoms with E-state index in [2.05, 4.69) is 67.6 Å². The average Bonchev–Trinajstić information content (AvgIpc) is 2.81. The third-order valence-corrected chi connectivity index (χ3v) is 4.71. The second-order valence-corrected chi connectivity index (χ2v) is 6.83. The van der Waals surface area contributed by atoms with Crippen molar-refractivity contribution in [1.82, 2.24) is 9.55 Å². The van der Waals surface area contributed by atoms with Gasteiger partial charge in [-0.2, -0.15) is 0 Å². The van der Waals surface area contributed by atoms with Gasteiger partial charge in [0.25, 0.3) is 0 Å². The minimum Gasteiger partial charge on any atom is -0.336 e. The molecule has 2 nitrogen and oxygen atoms in total. The van der Waals surface area contributed by atoms with E-state index in [1.807, 2.05) is 12.3 Å². The van der Waals surface area contributed by atoms with Crippen LogP contribution >= 0.6 is 0 Å². The highest BCUT2D eigenvalue weighted by atomic mass is 15.0. The van der Waals surface area contributed by atoms with E-state index in [9.17, 15) is 0 Å². The van der Waals surface area contributed by atoms with Crippen molar-refractivity contribution >= 4 is 21.9 Å². The molecule has 0 N–H and O–H groups in total. The fourth-order valence-corrected chi connectivity index (χ4v) is 3.32. The lowest BCUT2D eigenvalue weighted by Crippen LogP contribution is -2.17. The van der Waals surface area contributed by atoms with E-state index >= 15 is 0 Å².